The Labute approximate surface area is 173 Å². The molecule has 1 saturated heterocycles. The fourth-order valence-electron chi connectivity index (χ4n) is 4.20. The first-order valence-corrected chi connectivity index (χ1v) is 10.1. The molecule has 0 aliphatic carbocycles. The first kappa shape index (κ1) is 20.5. The van der Waals surface area contributed by atoms with Crippen molar-refractivity contribution in [3.8, 4) is 0 Å². The zero-order valence-electron chi connectivity index (χ0n) is 17.0. The third kappa shape index (κ3) is 3.49. The highest BCUT2D eigenvalue weighted by Crippen LogP contribution is 2.37. The van der Waals surface area contributed by atoms with E-state index in [4.69, 9.17) is 0 Å². The third-order valence-corrected chi connectivity index (χ3v) is 5.96. The molecule has 160 valence electrons. The van der Waals surface area contributed by atoms with Gasteiger partial charge >= 0.3 is 0 Å². The Kier molecular flexibility index (Phi) is 5.59. The summed E-state index contributed by atoms with van der Waals surface area (Å²) >= 11 is 0. The van der Waals surface area contributed by atoms with Crippen molar-refractivity contribution in [3.05, 3.63) is 41.5 Å². The molecule has 3 unspecified atom stereocenters. The number of aliphatic hydroxyl groups is 1. The van der Waals surface area contributed by atoms with E-state index in [1.165, 1.54) is 12.1 Å². The molecule has 9 heteroatoms. The number of benzene rings is 1. The Hall–Kier alpha value is -2.75. The number of carbonyl (C=O) groups excluding carboxylic acids is 2. The van der Waals surface area contributed by atoms with Crippen molar-refractivity contribution in [3.63, 3.8) is 0 Å². The van der Waals surface area contributed by atoms with Gasteiger partial charge in [0.05, 0.1) is 12.6 Å². The van der Waals surface area contributed by atoms with Crippen molar-refractivity contribution in [1.29, 1.82) is 0 Å². The van der Waals surface area contributed by atoms with Gasteiger partial charge in [-0.1, -0.05) is 0 Å². The number of fused-ring (bicyclic) bond motifs is 2. The van der Waals surface area contributed by atoms with Gasteiger partial charge in [-0.3, -0.25) is 9.59 Å². The number of hydrogen-bond acceptors (Lipinski definition) is 5. The molecule has 0 saturated carbocycles. The van der Waals surface area contributed by atoms with Crippen LogP contribution in [0.1, 0.15) is 18.9 Å². The first-order chi connectivity index (χ1) is 14.4. The highest BCUT2D eigenvalue weighted by Gasteiger charge is 2.41. The van der Waals surface area contributed by atoms with Crippen molar-refractivity contribution in [2.45, 2.75) is 31.5 Å². The molecular formula is C21H26FN5O3. The summed E-state index contributed by atoms with van der Waals surface area (Å²) < 4.78 is 13.6. The summed E-state index contributed by atoms with van der Waals surface area (Å²) in [6.07, 6.45) is 2.58. The lowest BCUT2D eigenvalue weighted by Crippen LogP contribution is -2.53. The van der Waals surface area contributed by atoms with Crippen LogP contribution in [0.5, 0.6) is 0 Å². The topological polar surface area (TPSA) is 109 Å². The molecule has 1 aromatic heterocycles. The molecule has 0 bridgehead atoms. The summed E-state index contributed by atoms with van der Waals surface area (Å²) in [6, 6.07) is 3.13. The van der Waals surface area contributed by atoms with E-state index < -0.39 is 18.7 Å². The highest BCUT2D eigenvalue weighted by atomic mass is 19.1. The molecule has 2 aliphatic heterocycles. The van der Waals surface area contributed by atoms with E-state index >= 15 is 0 Å². The fraction of sp³-hybridized carbons (Fsp3) is 0.429. The van der Waals surface area contributed by atoms with E-state index in [1.54, 1.807) is 24.9 Å². The monoisotopic (exact) mass is 415 g/mol. The number of rotatable bonds is 6. The number of aromatic amines is 1. The standard InChI is InChI=1S/C21H26FN5O3/c1-11(23-2)20(29)26-18(10-28)21(30)27-6-5-16-19(27)15(9-24-16)14-8-25-17-7-12(22)3-4-13(14)17/h3-4,7-8,11,16,18,23-25,28H,5-6,9-10H2,1-2H3,(H,26,29). The lowest BCUT2D eigenvalue weighted by Gasteiger charge is -2.26. The second kappa shape index (κ2) is 8.17. The van der Waals surface area contributed by atoms with Crippen LogP contribution in [0.3, 0.4) is 0 Å². The number of aromatic nitrogens is 1. The zero-order chi connectivity index (χ0) is 21.4. The SMILES string of the molecule is CNC(C)C(=O)NC(CO)C(=O)N1CCC2NCC(c3c[nH]c4cc(F)ccc34)=C21. The number of nitrogens with zero attached hydrogens (tertiary/aromatic N) is 1. The maximum atomic E-state index is 13.6. The largest absolute Gasteiger partial charge is 0.394 e. The molecule has 4 rings (SSSR count). The molecule has 3 atom stereocenters. The number of likely N-dealkylation sites (tertiary alicyclic amines) is 1. The molecule has 1 aromatic carbocycles. The van der Waals surface area contributed by atoms with Gasteiger partial charge in [-0.15, -0.1) is 0 Å². The van der Waals surface area contributed by atoms with Crippen molar-refractivity contribution < 1.29 is 19.1 Å². The van der Waals surface area contributed by atoms with Gasteiger partial charge in [-0.2, -0.15) is 0 Å². The van der Waals surface area contributed by atoms with Crippen LogP contribution < -0.4 is 16.0 Å². The maximum Gasteiger partial charge on any atom is 0.251 e. The molecule has 0 radical (unpaired) electrons. The molecule has 5 N–H and O–H groups in total. The molecule has 2 aliphatic rings. The lowest BCUT2D eigenvalue weighted by atomic mass is 10.0. The number of amides is 2. The Balaban J connectivity index is 1.66. The number of nitrogens with one attached hydrogen (secondary N) is 4. The van der Waals surface area contributed by atoms with Crippen molar-refractivity contribution in [2.75, 3.05) is 26.7 Å². The number of carbonyl (C=O) groups is 2. The second-order valence-electron chi connectivity index (χ2n) is 7.72. The van der Waals surface area contributed by atoms with Crippen LogP contribution in [0, 0.1) is 5.82 Å². The summed E-state index contributed by atoms with van der Waals surface area (Å²) in [5.41, 5.74) is 3.44. The van der Waals surface area contributed by atoms with E-state index in [9.17, 15) is 19.1 Å². The zero-order valence-corrected chi connectivity index (χ0v) is 17.0. The Bertz CT molecular complexity index is 1020. The van der Waals surface area contributed by atoms with E-state index in [-0.39, 0.29) is 23.7 Å². The van der Waals surface area contributed by atoms with Crippen molar-refractivity contribution in [1.82, 2.24) is 25.8 Å². The first-order valence-electron chi connectivity index (χ1n) is 10.1. The Morgan fingerprint density at radius 1 is 1.40 bits per heavy atom. The highest BCUT2D eigenvalue weighted by molar-refractivity contribution is 5.97. The molecule has 0 spiro atoms. The van der Waals surface area contributed by atoms with Crippen LogP contribution in [0.25, 0.3) is 16.5 Å². The fourth-order valence-corrected chi connectivity index (χ4v) is 4.20. The van der Waals surface area contributed by atoms with Gasteiger partial charge in [-0.25, -0.2) is 4.39 Å². The van der Waals surface area contributed by atoms with Gasteiger partial charge in [0.15, 0.2) is 0 Å². The molecule has 2 amide bonds. The van der Waals surface area contributed by atoms with E-state index in [0.717, 1.165) is 28.6 Å². The summed E-state index contributed by atoms with van der Waals surface area (Å²) in [7, 11) is 1.65. The predicted octanol–water partition coefficient (Wildman–Crippen LogP) is 0.307. The van der Waals surface area contributed by atoms with Gasteiger partial charge in [0, 0.05) is 47.5 Å². The Morgan fingerprint density at radius 2 is 2.20 bits per heavy atom. The second-order valence-corrected chi connectivity index (χ2v) is 7.72. The van der Waals surface area contributed by atoms with E-state index in [0.29, 0.717) is 18.6 Å². The van der Waals surface area contributed by atoms with Gasteiger partial charge in [0.1, 0.15) is 11.9 Å². The van der Waals surface area contributed by atoms with Gasteiger partial charge in [0.25, 0.3) is 5.91 Å². The Morgan fingerprint density at radius 3 is 2.93 bits per heavy atom. The van der Waals surface area contributed by atoms with Crippen LogP contribution in [-0.4, -0.2) is 71.7 Å². The maximum absolute atomic E-state index is 13.6. The summed E-state index contributed by atoms with van der Waals surface area (Å²) in [5, 5.41) is 19.5. The molecular weight excluding hydrogens is 389 g/mol. The minimum atomic E-state index is -1.02. The minimum Gasteiger partial charge on any atom is -0.394 e. The van der Waals surface area contributed by atoms with Gasteiger partial charge < -0.3 is 30.9 Å². The van der Waals surface area contributed by atoms with Crippen LogP contribution in [0.15, 0.2) is 30.1 Å². The van der Waals surface area contributed by atoms with E-state index in [1.807, 2.05) is 6.20 Å². The average molecular weight is 415 g/mol. The van der Waals surface area contributed by atoms with Crippen LogP contribution in [-0.2, 0) is 9.59 Å². The number of H-pyrrole nitrogens is 1. The minimum absolute atomic E-state index is 0.0284. The number of halogens is 1. The van der Waals surface area contributed by atoms with Gasteiger partial charge in [0.2, 0.25) is 5.91 Å². The number of hydrogen-bond donors (Lipinski definition) is 5. The molecule has 30 heavy (non-hydrogen) atoms. The van der Waals surface area contributed by atoms with Crippen molar-refractivity contribution in [2.24, 2.45) is 0 Å². The van der Waals surface area contributed by atoms with Crippen LogP contribution in [0.2, 0.25) is 0 Å². The predicted molar refractivity (Wildman–Crippen MR) is 111 cm³/mol. The lowest BCUT2D eigenvalue weighted by molar-refractivity contribution is -0.135. The van der Waals surface area contributed by atoms with E-state index in [2.05, 4.69) is 20.9 Å². The summed E-state index contributed by atoms with van der Waals surface area (Å²) in [4.78, 5) is 30.2. The smallest absolute Gasteiger partial charge is 0.251 e. The summed E-state index contributed by atoms with van der Waals surface area (Å²) in [5.74, 6) is -0.997. The van der Waals surface area contributed by atoms with Gasteiger partial charge in [-0.05, 0) is 44.2 Å². The van der Waals surface area contributed by atoms with Crippen LogP contribution >= 0.6 is 0 Å². The molecule has 8 nitrogen and oxygen atoms in total. The summed E-state index contributed by atoms with van der Waals surface area (Å²) in [6.45, 7) is 2.29. The molecule has 3 heterocycles. The number of likely N-dealkylation sites (N-methyl/N-ethyl adjacent to an activating group) is 1. The molecule has 1 fully saturated rings. The van der Waals surface area contributed by atoms with Crippen molar-refractivity contribution >= 4 is 28.3 Å². The third-order valence-electron chi connectivity index (χ3n) is 5.96. The number of aliphatic hydroxyl groups excluding tert-OH is 1. The molecule has 2 aromatic rings. The van der Waals surface area contributed by atoms with Crippen LogP contribution in [0.4, 0.5) is 4.39 Å². The normalized spacial score (nSPS) is 20.5. The quantitative estimate of drug-likeness (QED) is 0.467. The average Bonchev–Trinajstić information content (AvgIpc) is 3.45.